The number of carbonyl (C=O) groups excluding carboxylic acids is 2. The Hall–Kier alpha value is -2.28. The molecule has 2 heterocycles. The summed E-state index contributed by atoms with van der Waals surface area (Å²) in [6.45, 7) is 5.44. The van der Waals surface area contributed by atoms with Gasteiger partial charge >= 0.3 is 0 Å². The second-order valence-electron chi connectivity index (χ2n) is 8.86. The summed E-state index contributed by atoms with van der Waals surface area (Å²) in [6.07, 6.45) is 0.838. The van der Waals surface area contributed by atoms with Crippen LogP contribution in [0.15, 0.2) is 70.9 Å². The van der Waals surface area contributed by atoms with Gasteiger partial charge in [-0.3, -0.25) is 9.59 Å². The molecule has 0 N–H and O–H groups in total. The number of halogens is 1. The maximum atomic E-state index is 13.7. The Morgan fingerprint density at radius 3 is 2.56 bits per heavy atom. The molecule has 1 aliphatic rings. The standard InChI is InChI=1S/C27H29ClN2O2S2/c1-19(2)16-29(26(32)18-34-22-6-4-3-5-7-22)17-25(31)30-14-12-24-23(13-15-33-24)27(30)20-8-10-21(28)11-9-20/h3-11,13,15,19,27H,12,14,16-18H2,1-2H3. The van der Waals surface area contributed by atoms with Crippen LogP contribution in [-0.4, -0.2) is 47.0 Å². The first-order valence-corrected chi connectivity index (χ1v) is 13.7. The number of benzene rings is 2. The Kier molecular flexibility index (Phi) is 8.35. The molecule has 0 spiro atoms. The predicted molar refractivity (Wildman–Crippen MR) is 142 cm³/mol. The lowest BCUT2D eigenvalue weighted by atomic mass is 9.93. The molecule has 0 bridgehead atoms. The molecule has 1 aromatic heterocycles. The van der Waals surface area contributed by atoms with Crippen molar-refractivity contribution < 1.29 is 9.59 Å². The lowest BCUT2D eigenvalue weighted by Crippen LogP contribution is -2.48. The second kappa shape index (κ2) is 11.4. The molecular formula is C27H29ClN2O2S2. The van der Waals surface area contributed by atoms with Crippen LogP contribution in [-0.2, 0) is 16.0 Å². The fourth-order valence-electron chi connectivity index (χ4n) is 4.29. The van der Waals surface area contributed by atoms with Gasteiger partial charge in [0.2, 0.25) is 11.8 Å². The van der Waals surface area contributed by atoms with Gasteiger partial charge in [-0.15, -0.1) is 23.1 Å². The number of fused-ring (bicyclic) bond motifs is 1. The van der Waals surface area contributed by atoms with Crippen molar-refractivity contribution in [1.82, 2.24) is 9.80 Å². The zero-order valence-electron chi connectivity index (χ0n) is 19.4. The molecule has 4 rings (SSSR count). The molecule has 1 aliphatic heterocycles. The zero-order chi connectivity index (χ0) is 24.1. The maximum Gasteiger partial charge on any atom is 0.242 e. The van der Waals surface area contributed by atoms with Crippen molar-refractivity contribution in [3.63, 3.8) is 0 Å². The van der Waals surface area contributed by atoms with Crippen molar-refractivity contribution in [2.75, 3.05) is 25.4 Å². The zero-order valence-corrected chi connectivity index (χ0v) is 21.8. The van der Waals surface area contributed by atoms with Gasteiger partial charge in [-0.25, -0.2) is 0 Å². The normalized spacial score (nSPS) is 15.3. The van der Waals surface area contributed by atoms with E-state index in [0.29, 0.717) is 23.9 Å². The summed E-state index contributed by atoms with van der Waals surface area (Å²) < 4.78 is 0. The molecule has 0 fully saturated rings. The lowest BCUT2D eigenvalue weighted by molar-refractivity contribution is -0.140. The van der Waals surface area contributed by atoms with Crippen LogP contribution in [0.5, 0.6) is 0 Å². The molecule has 3 aromatic rings. The third-order valence-electron chi connectivity index (χ3n) is 5.84. The average Bonchev–Trinajstić information content (AvgIpc) is 3.31. The van der Waals surface area contributed by atoms with Gasteiger partial charge in [-0.1, -0.05) is 55.8 Å². The monoisotopic (exact) mass is 512 g/mol. The molecule has 2 aromatic carbocycles. The molecule has 0 saturated carbocycles. The first-order valence-electron chi connectivity index (χ1n) is 11.5. The third kappa shape index (κ3) is 6.04. The first-order chi connectivity index (χ1) is 16.4. The molecule has 2 amide bonds. The van der Waals surface area contributed by atoms with Gasteiger partial charge in [0.15, 0.2) is 0 Å². The number of carbonyl (C=O) groups is 2. The molecule has 1 atom stereocenters. The van der Waals surface area contributed by atoms with E-state index in [4.69, 9.17) is 11.6 Å². The molecule has 1 unspecified atom stereocenters. The fraction of sp³-hybridized carbons (Fsp3) is 0.333. The minimum absolute atomic E-state index is 0.00724. The van der Waals surface area contributed by atoms with E-state index in [1.165, 1.54) is 22.2 Å². The highest BCUT2D eigenvalue weighted by atomic mass is 35.5. The van der Waals surface area contributed by atoms with Gasteiger partial charge < -0.3 is 9.80 Å². The van der Waals surface area contributed by atoms with Crippen LogP contribution in [0.2, 0.25) is 5.02 Å². The fourth-order valence-corrected chi connectivity index (χ4v) is 6.14. The second-order valence-corrected chi connectivity index (χ2v) is 11.3. The quantitative estimate of drug-likeness (QED) is 0.340. The SMILES string of the molecule is CC(C)CN(CC(=O)N1CCc2sccc2C1c1ccc(Cl)cc1)C(=O)CSc1ccccc1. The van der Waals surface area contributed by atoms with Crippen LogP contribution in [0.25, 0.3) is 0 Å². The average molecular weight is 513 g/mol. The minimum Gasteiger partial charge on any atom is -0.332 e. The van der Waals surface area contributed by atoms with E-state index in [0.717, 1.165) is 16.9 Å². The summed E-state index contributed by atoms with van der Waals surface area (Å²) in [6, 6.07) is 19.6. The van der Waals surface area contributed by atoms with Crippen LogP contribution in [0.3, 0.4) is 0 Å². The summed E-state index contributed by atoms with van der Waals surface area (Å²) in [7, 11) is 0. The Morgan fingerprint density at radius 1 is 1.12 bits per heavy atom. The molecule has 0 saturated heterocycles. The van der Waals surface area contributed by atoms with Crippen molar-refractivity contribution in [3.8, 4) is 0 Å². The number of amides is 2. The van der Waals surface area contributed by atoms with Gasteiger partial charge in [-0.05, 0) is 59.2 Å². The highest BCUT2D eigenvalue weighted by molar-refractivity contribution is 8.00. The van der Waals surface area contributed by atoms with Crippen molar-refractivity contribution in [3.05, 3.63) is 87.1 Å². The highest BCUT2D eigenvalue weighted by Crippen LogP contribution is 2.38. The molecule has 7 heteroatoms. The van der Waals surface area contributed by atoms with Gasteiger partial charge in [-0.2, -0.15) is 0 Å². The van der Waals surface area contributed by atoms with E-state index < -0.39 is 0 Å². The predicted octanol–water partition coefficient (Wildman–Crippen LogP) is 6.15. The number of hydrogen-bond donors (Lipinski definition) is 0. The Balaban J connectivity index is 1.52. The van der Waals surface area contributed by atoms with Crippen LogP contribution < -0.4 is 0 Å². The lowest BCUT2D eigenvalue weighted by Gasteiger charge is -2.38. The van der Waals surface area contributed by atoms with Crippen molar-refractivity contribution >= 4 is 46.5 Å². The molecular weight excluding hydrogens is 484 g/mol. The van der Waals surface area contributed by atoms with Gasteiger partial charge in [0.1, 0.15) is 0 Å². The minimum atomic E-state index is -0.158. The van der Waals surface area contributed by atoms with Crippen LogP contribution in [0.1, 0.15) is 35.9 Å². The van der Waals surface area contributed by atoms with E-state index in [2.05, 4.69) is 25.3 Å². The number of thiophene rings is 1. The Bertz CT molecular complexity index is 1120. The van der Waals surface area contributed by atoms with Crippen molar-refractivity contribution in [2.24, 2.45) is 5.92 Å². The van der Waals surface area contributed by atoms with Crippen molar-refractivity contribution in [2.45, 2.75) is 31.2 Å². The number of rotatable bonds is 8. The van der Waals surface area contributed by atoms with Gasteiger partial charge in [0, 0.05) is 27.9 Å². The first kappa shape index (κ1) is 24.8. The summed E-state index contributed by atoms with van der Waals surface area (Å²) in [5.41, 5.74) is 2.21. The Labute approximate surface area is 214 Å². The number of hydrogen-bond acceptors (Lipinski definition) is 4. The summed E-state index contributed by atoms with van der Waals surface area (Å²) in [4.78, 5) is 32.8. The van der Waals surface area contributed by atoms with Crippen LogP contribution in [0.4, 0.5) is 0 Å². The van der Waals surface area contributed by atoms with E-state index in [-0.39, 0.29) is 30.3 Å². The third-order valence-corrected chi connectivity index (χ3v) is 8.09. The smallest absolute Gasteiger partial charge is 0.242 e. The number of nitrogens with zero attached hydrogens (tertiary/aromatic N) is 2. The number of thioether (sulfide) groups is 1. The molecule has 0 aliphatic carbocycles. The van der Waals surface area contributed by atoms with E-state index in [1.54, 1.807) is 16.2 Å². The van der Waals surface area contributed by atoms with Crippen LogP contribution in [0, 0.1) is 5.92 Å². The van der Waals surface area contributed by atoms with Crippen molar-refractivity contribution in [1.29, 1.82) is 0 Å². The van der Waals surface area contributed by atoms with Crippen LogP contribution >= 0.6 is 34.7 Å². The summed E-state index contributed by atoms with van der Waals surface area (Å²) in [5.74, 6) is 0.567. The topological polar surface area (TPSA) is 40.6 Å². The largest absolute Gasteiger partial charge is 0.332 e. The summed E-state index contributed by atoms with van der Waals surface area (Å²) in [5, 5.41) is 2.77. The summed E-state index contributed by atoms with van der Waals surface area (Å²) >= 11 is 9.38. The molecule has 4 nitrogen and oxygen atoms in total. The molecule has 0 radical (unpaired) electrons. The van der Waals surface area contributed by atoms with E-state index >= 15 is 0 Å². The highest BCUT2D eigenvalue weighted by Gasteiger charge is 2.34. The Morgan fingerprint density at radius 2 is 1.85 bits per heavy atom. The molecule has 178 valence electrons. The maximum absolute atomic E-state index is 13.7. The van der Waals surface area contributed by atoms with Gasteiger partial charge in [0.05, 0.1) is 18.3 Å². The van der Waals surface area contributed by atoms with E-state index in [1.807, 2.05) is 59.5 Å². The molecule has 34 heavy (non-hydrogen) atoms. The van der Waals surface area contributed by atoms with Gasteiger partial charge in [0.25, 0.3) is 0 Å². The van der Waals surface area contributed by atoms with E-state index in [9.17, 15) is 9.59 Å².